The normalized spacial score (nSPS) is 12.8. The van der Waals surface area contributed by atoms with Crippen LogP contribution >= 0.6 is 0 Å². The van der Waals surface area contributed by atoms with E-state index < -0.39 is 0 Å². The molecule has 0 aliphatic rings. The molecule has 1 nitrogen and oxygen atoms in total. The van der Waals surface area contributed by atoms with E-state index in [-0.39, 0.29) is 5.92 Å². The van der Waals surface area contributed by atoms with Gasteiger partial charge in [-0.2, -0.15) is 0 Å². The molecule has 1 atom stereocenters. The fourth-order valence-electron chi connectivity index (χ4n) is 1.78. The third kappa shape index (κ3) is 3.50. The third-order valence-electron chi connectivity index (χ3n) is 2.66. The average molecular weight is 204 g/mol. The van der Waals surface area contributed by atoms with Gasteiger partial charge in [0, 0.05) is 5.92 Å². The summed E-state index contributed by atoms with van der Waals surface area (Å²) in [5.74, 6) is 0.752. The molecule has 0 saturated carbocycles. The van der Waals surface area contributed by atoms with Gasteiger partial charge in [-0.1, -0.05) is 45.0 Å². The minimum Gasteiger partial charge on any atom is -0.303 e. The summed E-state index contributed by atoms with van der Waals surface area (Å²) in [4.78, 5) is 10.8. The Balaban J connectivity index is 2.75. The molecule has 0 aliphatic heterocycles. The summed E-state index contributed by atoms with van der Waals surface area (Å²) in [5, 5.41) is 0. The van der Waals surface area contributed by atoms with Gasteiger partial charge >= 0.3 is 0 Å². The summed E-state index contributed by atoms with van der Waals surface area (Å²) in [6.07, 6.45) is 3.03. The van der Waals surface area contributed by atoms with E-state index in [2.05, 4.69) is 38.1 Å². The van der Waals surface area contributed by atoms with Gasteiger partial charge in [-0.25, -0.2) is 0 Å². The van der Waals surface area contributed by atoms with Crippen LogP contribution in [0.2, 0.25) is 0 Å². The molecule has 15 heavy (non-hydrogen) atoms. The summed E-state index contributed by atoms with van der Waals surface area (Å²) >= 11 is 0. The summed E-state index contributed by atoms with van der Waals surface area (Å²) in [7, 11) is 0. The minimum atomic E-state index is 0.0677. The Hall–Kier alpha value is -1.11. The number of carbonyl (C=O) groups is 1. The molecule has 0 saturated heterocycles. The molecule has 0 bridgehead atoms. The Kier molecular flexibility index (Phi) is 4.54. The zero-order valence-electron chi connectivity index (χ0n) is 9.86. The number of hydrogen-bond acceptors (Lipinski definition) is 1. The van der Waals surface area contributed by atoms with Gasteiger partial charge in [-0.05, 0) is 29.9 Å². The summed E-state index contributed by atoms with van der Waals surface area (Å²) in [6.45, 7) is 6.48. The molecule has 0 amide bonds. The van der Waals surface area contributed by atoms with Crippen molar-refractivity contribution in [2.75, 3.05) is 0 Å². The lowest BCUT2D eigenvalue weighted by atomic mass is 9.95. The second-order valence-electron chi connectivity index (χ2n) is 4.49. The number of hydrogen-bond donors (Lipinski definition) is 0. The zero-order chi connectivity index (χ0) is 11.3. The molecular formula is C14H20O. The fraction of sp³-hybridized carbons (Fsp3) is 0.500. The number of carbonyl (C=O) groups excluding carboxylic acids is 1. The van der Waals surface area contributed by atoms with Crippen LogP contribution in [0.25, 0.3) is 0 Å². The van der Waals surface area contributed by atoms with Crippen LogP contribution in [0.1, 0.15) is 44.2 Å². The first kappa shape index (κ1) is 12.0. The topological polar surface area (TPSA) is 17.1 Å². The summed E-state index contributed by atoms with van der Waals surface area (Å²) in [5.41, 5.74) is 2.49. The third-order valence-corrected chi connectivity index (χ3v) is 2.66. The van der Waals surface area contributed by atoms with Crippen LogP contribution in [0.15, 0.2) is 24.3 Å². The van der Waals surface area contributed by atoms with E-state index in [0.29, 0.717) is 5.92 Å². The highest BCUT2D eigenvalue weighted by Crippen LogP contribution is 2.18. The van der Waals surface area contributed by atoms with Crippen LogP contribution in [0.3, 0.4) is 0 Å². The monoisotopic (exact) mass is 204 g/mol. The van der Waals surface area contributed by atoms with Gasteiger partial charge in [0.2, 0.25) is 0 Å². The van der Waals surface area contributed by atoms with Crippen molar-refractivity contribution in [3.8, 4) is 0 Å². The molecule has 0 fully saturated rings. The molecule has 0 N–H and O–H groups in total. The van der Waals surface area contributed by atoms with Crippen LogP contribution in [0.5, 0.6) is 0 Å². The fourth-order valence-corrected chi connectivity index (χ4v) is 1.78. The van der Waals surface area contributed by atoms with Crippen molar-refractivity contribution < 1.29 is 4.79 Å². The van der Waals surface area contributed by atoms with Gasteiger partial charge < -0.3 is 4.79 Å². The molecule has 0 heterocycles. The van der Waals surface area contributed by atoms with Crippen molar-refractivity contribution in [3.05, 3.63) is 35.4 Å². The van der Waals surface area contributed by atoms with Gasteiger partial charge in [-0.15, -0.1) is 0 Å². The Labute approximate surface area is 92.5 Å². The maximum Gasteiger partial charge on any atom is 0.127 e. The Morgan fingerprint density at radius 2 is 1.80 bits per heavy atom. The van der Waals surface area contributed by atoms with E-state index in [9.17, 15) is 4.79 Å². The largest absolute Gasteiger partial charge is 0.303 e. The second kappa shape index (κ2) is 5.69. The van der Waals surface area contributed by atoms with Crippen LogP contribution in [0, 0.1) is 5.92 Å². The van der Waals surface area contributed by atoms with Gasteiger partial charge in [0.25, 0.3) is 0 Å². The van der Waals surface area contributed by atoms with Crippen LogP contribution in [0.4, 0.5) is 0 Å². The quantitative estimate of drug-likeness (QED) is 0.670. The minimum absolute atomic E-state index is 0.0677. The standard InChI is InChI=1S/C14H20O/c1-4-13(10-15)14-7-5-12(6-8-14)9-11(2)3/h5-8,10-11,13H,4,9H2,1-3H3/t13-/m1/s1. The molecule has 1 rings (SSSR count). The maximum atomic E-state index is 10.8. The molecule has 1 aromatic rings. The SMILES string of the molecule is CC[C@H](C=O)c1ccc(CC(C)C)cc1. The Morgan fingerprint density at radius 3 is 2.20 bits per heavy atom. The van der Waals surface area contributed by atoms with E-state index in [4.69, 9.17) is 0 Å². The Bertz CT molecular complexity index is 298. The lowest BCUT2D eigenvalue weighted by Gasteiger charge is -2.09. The molecule has 0 spiro atoms. The first-order chi connectivity index (χ1) is 7.17. The lowest BCUT2D eigenvalue weighted by molar-refractivity contribution is -0.109. The van der Waals surface area contributed by atoms with Crippen molar-refractivity contribution in [1.29, 1.82) is 0 Å². The van der Waals surface area contributed by atoms with Gasteiger partial charge in [0.1, 0.15) is 6.29 Å². The summed E-state index contributed by atoms with van der Waals surface area (Å²) < 4.78 is 0. The average Bonchev–Trinajstić information content (AvgIpc) is 2.21. The highest BCUT2D eigenvalue weighted by molar-refractivity contribution is 5.61. The molecule has 1 heteroatoms. The van der Waals surface area contributed by atoms with Crippen molar-refractivity contribution in [2.24, 2.45) is 5.92 Å². The highest BCUT2D eigenvalue weighted by atomic mass is 16.1. The van der Waals surface area contributed by atoms with Gasteiger partial charge in [-0.3, -0.25) is 0 Å². The highest BCUT2D eigenvalue weighted by Gasteiger charge is 2.07. The molecule has 0 aliphatic carbocycles. The Morgan fingerprint density at radius 1 is 1.20 bits per heavy atom. The molecule has 0 radical (unpaired) electrons. The van der Waals surface area contributed by atoms with Crippen molar-refractivity contribution in [2.45, 2.75) is 39.5 Å². The zero-order valence-corrected chi connectivity index (χ0v) is 9.86. The molecule has 1 aromatic carbocycles. The first-order valence-corrected chi connectivity index (χ1v) is 5.71. The predicted octanol–water partition coefficient (Wildman–Crippen LogP) is 3.58. The second-order valence-corrected chi connectivity index (χ2v) is 4.49. The first-order valence-electron chi connectivity index (χ1n) is 5.71. The van der Waals surface area contributed by atoms with Crippen LogP contribution < -0.4 is 0 Å². The van der Waals surface area contributed by atoms with E-state index in [0.717, 1.165) is 24.7 Å². The smallest absolute Gasteiger partial charge is 0.127 e. The molecule has 82 valence electrons. The van der Waals surface area contributed by atoms with E-state index in [1.807, 2.05) is 6.92 Å². The van der Waals surface area contributed by atoms with Crippen LogP contribution in [-0.4, -0.2) is 6.29 Å². The maximum absolute atomic E-state index is 10.8. The molecule has 0 aromatic heterocycles. The van der Waals surface area contributed by atoms with Crippen molar-refractivity contribution in [3.63, 3.8) is 0 Å². The van der Waals surface area contributed by atoms with Crippen LogP contribution in [-0.2, 0) is 11.2 Å². The predicted molar refractivity (Wildman–Crippen MR) is 64.1 cm³/mol. The van der Waals surface area contributed by atoms with E-state index in [1.165, 1.54) is 5.56 Å². The number of rotatable bonds is 5. The summed E-state index contributed by atoms with van der Waals surface area (Å²) in [6, 6.07) is 8.45. The van der Waals surface area contributed by atoms with E-state index >= 15 is 0 Å². The van der Waals surface area contributed by atoms with Crippen molar-refractivity contribution >= 4 is 6.29 Å². The van der Waals surface area contributed by atoms with E-state index in [1.54, 1.807) is 0 Å². The number of aldehydes is 1. The van der Waals surface area contributed by atoms with Crippen molar-refractivity contribution in [1.82, 2.24) is 0 Å². The molecular weight excluding hydrogens is 184 g/mol. The molecule has 0 unspecified atom stereocenters. The van der Waals surface area contributed by atoms with Gasteiger partial charge in [0.05, 0.1) is 0 Å². The van der Waals surface area contributed by atoms with Gasteiger partial charge in [0.15, 0.2) is 0 Å². The number of benzene rings is 1. The lowest BCUT2D eigenvalue weighted by Crippen LogP contribution is -1.99.